The standard InChI is InChI=1S/C10H8Cl2N2OS/c11-7-1-2-9(8(12)5-7)14-4-3-13(6-15)10(14)16/h1-2,5-6H,3-4H2. The normalized spacial score (nSPS) is 15.8. The average molecular weight is 275 g/mol. The molecule has 0 N–H and O–H groups in total. The lowest BCUT2D eigenvalue weighted by Crippen LogP contribution is -2.30. The molecule has 0 atom stereocenters. The first-order valence-corrected chi connectivity index (χ1v) is 5.78. The number of halogens is 2. The maximum Gasteiger partial charge on any atom is 0.215 e. The van der Waals surface area contributed by atoms with Crippen molar-refractivity contribution in [2.75, 3.05) is 18.0 Å². The Morgan fingerprint density at radius 3 is 2.62 bits per heavy atom. The van der Waals surface area contributed by atoms with E-state index in [-0.39, 0.29) is 0 Å². The number of carbonyl (C=O) groups is 1. The highest BCUT2D eigenvalue weighted by atomic mass is 35.5. The lowest BCUT2D eigenvalue weighted by Gasteiger charge is -2.19. The Morgan fingerprint density at radius 2 is 2.06 bits per heavy atom. The van der Waals surface area contributed by atoms with Gasteiger partial charge in [0.05, 0.1) is 10.7 Å². The van der Waals surface area contributed by atoms with Crippen LogP contribution in [0.15, 0.2) is 18.2 Å². The monoisotopic (exact) mass is 274 g/mol. The highest BCUT2D eigenvalue weighted by Crippen LogP contribution is 2.30. The zero-order valence-corrected chi connectivity index (χ0v) is 10.5. The van der Waals surface area contributed by atoms with Gasteiger partial charge < -0.3 is 4.90 Å². The summed E-state index contributed by atoms with van der Waals surface area (Å²) in [4.78, 5) is 14.0. The molecule has 1 aliphatic rings. The fourth-order valence-electron chi connectivity index (χ4n) is 1.58. The summed E-state index contributed by atoms with van der Waals surface area (Å²) in [7, 11) is 0. The van der Waals surface area contributed by atoms with Crippen molar-refractivity contribution in [1.29, 1.82) is 0 Å². The molecule has 1 saturated heterocycles. The number of anilines is 1. The number of hydrogen-bond donors (Lipinski definition) is 0. The van der Waals surface area contributed by atoms with Crippen LogP contribution in [0, 0.1) is 0 Å². The van der Waals surface area contributed by atoms with E-state index in [0.717, 1.165) is 12.1 Å². The second kappa shape index (κ2) is 4.57. The van der Waals surface area contributed by atoms with Gasteiger partial charge in [-0.1, -0.05) is 23.2 Å². The van der Waals surface area contributed by atoms with E-state index >= 15 is 0 Å². The molecule has 3 nitrogen and oxygen atoms in total. The molecule has 1 aliphatic heterocycles. The third-order valence-electron chi connectivity index (χ3n) is 2.37. The van der Waals surface area contributed by atoms with E-state index in [4.69, 9.17) is 35.4 Å². The van der Waals surface area contributed by atoms with Crippen molar-refractivity contribution in [3.8, 4) is 0 Å². The second-order valence-electron chi connectivity index (χ2n) is 3.33. The number of thiocarbonyl (C=S) groups is 1. The molecule has 1 heterocycles. The largest absolute Gasteiger partial charge is 0.315 e. The number of benzene rings is 1. The van der Waals surface area contributed by atoms with Gasteiger partial charge in [-0.3, -0.25) is 9.69 Å². The van der Waals surface area contributed by atoms with Gasteiger partial charge in [-0.25, -0.2) is 0 Å². The molecule has 0 aromatic heterocycles. The molecule has 0 unspecified atom stereocenters. The van der Waals surface area contributed by atoms with Crippen molar-refractivity contribution in [1.82, 2.24) is 4.90 Å². The van der Waals surface area contributed by atoms with Gasteiger partial charge in [0.15, 0.2) is 5.11 Å². The van der Waals surface area contributed by atoms with Gasteiger partial charge in [0, 0.05) is 18.1 Å². The van der Waals surface area contributed by atoms with Gasteiger partial charge in [-0.15, -0.1) is 0 Å². The molecule has 1 amide bonds. The van der Waals surface area contributed by atoms with Crippen LogP contribution in [0.5, 0.6) is 0 Å². The molecule has 84 valence electrons. The number of hydrogen-bond acceptors (Lipinski definition) is 2. The first kappa shape index (κ1) is 11.6. The fraction of sp³-hybridized carbons (Fsp3) is 0.200. The van der Waals surface area contributed by atoms with Gasteiger partial charge >= 0.3 is 0 Å². The Hall–Kier alpha value is -0.840. The minimum Gasteiger partial charge on any atom is -0.315 e. The zero-order chi connectivity index (χ0) is 11.7. The van der Waals surface area contributed by atoms with Gasteiger partial charge in [-0.05, 0) is 30.4 Å². The van der Waals surface area contributed by atoms with E-state index in [2.05, 4.69) is 0 Å². The number of rotatable bonds is 2. The maximum atomic E-state index is 10.7. The topological polar surface area (TPSA) is 23.6 Å². The fourth-order valence-corrected chi connectivity index (χ4v) is 2.41. The van der Waals surface area contributed by atoms with E-state index in [1.54, 1.807) is 18.2 Å². The first-order chi connectivity index (χ1) is 7.63. The van der Waals surface area contributed by atoms with E-state index in [1.807, 2.05) is 4.90 Å². The summed E-state index contributed by atoms with van der Waals surface area (Å²) < 4.78 is 0. The van der Waals surface area contributed by atoms with Crippen LogP contribution >= 0.6 is 35.4 Å². The molecule has 0 spiro atoms. The van der Waals surface area contributed by atoms with Crippen LogP contribution in [0.25, 0.3) is 0 Å². The molecule has 2 rings (SSSR count). The minimum absolute atomic E-state index is 0.472. The molecule has 1 fully saturated rings. The highest BCUT2D eigenvalue weighted by molar-refractivity contribution is 7.80. The minimum atomic E-state index is 0.472. The van der Waals surface area contributed by atoms with Crippen LogP contribution in [-0.2, 0) is 4.79 Å². The second-order valence-corrected chi connectivity index (χ2v) is 4.54. The van der Waals surface area contributed by atoms with Crippen LogP contribution in [0.1, 0.15) is 0 Å². The van der Waals surface area contributed by atoms with Crippen molar-refractivity contribution in [3.63, 3.8) is 0 Å². The highest BCUT2D eigenvalue weighted by Gasteiger charge is 2.26. The Labute approximate surface area is 109 Å². The number of nitrogens with zero attached hydrogens (tertiary/aromatic N) is 2. The molecular formula is C10H8Cl2N2OS. The smallest absolute Gasteiger partial charge is 0.215 e. The molecule has 0 saturated carbocycles. The van der Waals surface area contributed by atoms with Crippen LogP contribution < -0.4 is 4.90 Å². The molecular weight excluding hydrogens is 267 g/mol. The van der Waals surface area contributed by atoms with E-state index in [0.29, 0.717) is 28.2 Å². The molecule has 0 aliphatic carbocycles. The summed E-state index contributed by atoms with van der Waals surface area (Å²) in [6.07, 6.45) is 0.728. The molecule has 6 heteroatoms. The average Bonchev–Trinajstić information content (AvgIpc) is 2.60. The third kappa shape index (κ3) is 2.00. The van der Waals surface area contributed by atoms with Crippen molar-refractivity contribution in [2.45, 2.75) is 0 Å². The summed E-state index contributed by atoms with van der Waals surface area (Å²) in [5.74, 6) is 0. The van der Waals surface area contributed by atoms with Crippen molar-refractivity contribution in [3.05, 3.63) is 28.2 Å². The lowest BCUT2D eigenvalue weighted by atomic mass is 10.3. The molecule has 16 heavy (non-hydrogen) atoms. The predicted octanol–water partition coefficient (Wildman–Crippen LogP) is 2.56. The number of amides is 1. The SMILES string of the molecule is O=CN1CCN(c2ccc(Cl)cc2Cl)C1=S. The van der Waals surface area contributed by atoms with E-state index < -0.39 is 0 Å². The molecule has 0 radical (unpaired) electrons. The van der Waals surface area contributed by atoms with Crippen LogP contribution in [0.4, 0.5) is 5.69 Å². The summed E-state index contributed by atoms with van der Waals surface area (Å²) in [6.45, 7) is 1.24. The first-order valence-electron chi connectivity index (χ1n) is 4.62. The van der Waals surface area contributed by atoms with Gasteiger partial charge in [-0.2, -0.15) is 0 Å². The van der Waals surface area contributed by atoms with Crippen LogP contribution in [0.3, 0.4) is 0 Å². The Bertz CT molecular complexity index is 452. The maximum absolute atomic E-state index is 10.7. The van der Waals surface area contributed by atoms with Crippen LogP contribution in [0.2, 0.25) is 10.0 Å². The van der Waals surface area contributed by atoms with Crippen molar-refractivity contribution >= 4 is 52.6 Å². The summed E-state index contributed by atoms with van der Waals surface area (Å²) in [5.41, 5.74) is 0.778. The summed E-state index contributed by atoms with van der Waals surface area (Å²) in [5, 5.41) is 1.58. The Morgan fingerprint density at radius 1 is 1.31 bits per heavy atom. The van der Waals surface area contributed by atoms with E-state index in [9.17, 15) is 4.79 Å². The number of carbonyl (C=O) groups excluding carboxylic acids is 1. The van der Waals surface area contributed by atoms with E-state index in [1.165, 1.54) is 4.90 Å². The summed E-state index contributed by atoms with van der Waals surface area (Å²) >= 11 is 17.1. The molecule has 1 aromatic rings. The zero-order valence-electron chi connectivity index (χ0n) is 8.19. The van der Waals surface area contributed by atoms with Gasteiger partial charge in [0.25, 0.3) is 0 Å². The Kier molecular flexibility index (Phi) is 3.33. The van der Waals surface area contributed by atoms with Gasteiger partial charge in [0.2, 0.25) is 6.41 Å². The predicted molar refractivity (Wildman–Crippen MR) is 69.2 cm³/mol. The molecule has 0 bridgehead atoms. The third-order valence-corrected chi connectivity index (χ3v) is 3.36. The van der Waals surface area contributed by atoms with Crippen molar-refractivity contribution < 1.29 is 4.79 Å². The molecule has 1 aromatic carbocycles. The quantitative estimate of drug-likeness (QED) is 0.612. The van der Waals surface area contributed by atoms with Crippen molar-refractivity contribution in [2.24, 2.45) is 0 Å². The summed E-state index contributed by atoms with van der Waals surface area (Å²) in [6, 6.07) is 5.20. The van der Waals surface area contributed by atoms with Gasteiger partial charge in [0.1, 0.15) is 0 Å². The Balaban J connectivity index is 2.32. The van der Waals surface area contributed by atoms with Crippen LogP contribution in [-0.4, -0.2) is 29.5 Å². The lowest BCUT2D eigenvalue weighted by molar-refractivity contribution is -0.114.